The predicted octanol–water partition coefficient (Wildman–Crippen LogP) is -2.52. The molecule has 0 saturated carbocycles. The van der Waals surface area contributed by atoms with E-state index in [2.05, 4.69) is 11.6 Å². The van der Waals surface area contributed by atoms with Crippen LogP contribution < -0.4 is 34.7 Å². The van der Waals surface area contributed by atoms with Gasteiger partial charge in [0, 0.05) is 17.8 Å². The van der Waals surface area contributed by atoms with Gasteiger partial charge < -0.3 is 14.6 Å². The topological polar surface area (TPSA) is 134 Å². The van der Waals surface area contributed by atoms with Crippen LogP contribution in [0.5, 0.6) is 0 Å². The van der Waals surface area contributed by atoms with Crippen molar-refractivity contribution >= 4 is 33.8 Å². The molecule has 0 N–H and O–H groups in total. The van der Waals surface area contributed by atoms with Gasteiger partial charge in [0.15, 0.2) is 5.37 Å². The van der Waals surface area contributed by atoms with E-state index in [1.54, 1.807) is 39.0 Å². The molecule has 0 aliphatic carbocycles. The van der Waals surface area contributed by atoms with Crippen LogP contribution in [-0.2, 0) is 29.0 Å². The fourth-order valence-corrected chi connectivity index (χ4v) is 4.84. The predicted molar refractivity (Wildman–Crippen MR) is 108 cm³/mol. The number of carbonyl (C=O) groups excluding carboxylic acids is 3. The maximum atomic E-state index is 13.0. The van der Waals surface area contributed by atoms with Crippen LogP contribution in [0.25, 0.3) is 6.08 Å². The number of ether oxygens (including phenoxy) is 1. The molecular formula is C21H19N2NaO7S. The zero-order valence-corrected chi connectivity index (χ0v) is 20.8. The molecule has 0 radical (unpaired) electrons. The molecular weight excluding hydrogens is 447 g/mol. The maximum absolute atomic E-state index is 13.0. The van der Waals surface area contributed by atoms with Gasteiger partial charge in [-0.25, -0.2) is 13.2 Å². The van der Waals surface area contributed by atoms with Gasteiger partial charge in [-0.2, -0.15) is 0 Å². The third kappa shape index (κ3) is 4.78. The van der Waals surface area contributed by atoms with Crippen LogP contribution in [0.15, 0.2) is 64.9 Å². The van der Waals surface area contributed by atoms with Gasteiger partial charge in [-0.15, -0.1) is 0 Å². The number of esters is 1. The second-order valence-electron chi connectivity index (χ2n) is 7.77. The number of rotatable bonds is 4. The number of β-lactam (4-membered cyclic amide) rings is 1. The smallest absolute Gasteiger partial charge is 0.543 e. The van der Waals surface area contributed by atoms with Crippen LogP contribution in [0.3, 0.4) is 0 Å². The summed E-state index contributed by atoms with van der Waals surface area (Å²) in [5.74, 6) is -3.43. The summed E-state index contributed by atoms with van der Waals surface area (Å²) in [4.78, 5) is 40.5. The molecule has 0 unspecified atom stereocenters. The maximum Gasteiger partial charge on any atom is 1.00 e. The van der Waals surface area contributed by atoms with Crippen LogP contribution in [0.1, 0.15) is 26.5 Å². The fourth-order valence-electron chi connectivity index (χ4n) is 3.12. The van der Waals surface area contributed by atoms with Crippen molar-refractivity contribution in [3.8, 4) is 0 Å². The molecule has 0 aromatic carbocycles. The number of pyridine rings is 1. The molecule has 3 heterocycles. The fraction of sp³-hybridized carbons (Fsp3) is 0.238. The first-order valence-electron chi connectivity index (χ1n) is 9.10. The Balaban J connectivity index is 0.00000363. The number of carboxylic acids is 1. The van der Waals surface area contributed by atoms with E-state index in [1.165, 1.54) is 12.3 Å². The first-order valence-corrected chi connectivity index (χ1v) is 10.7. The third-order valence-corrected chi connectivity index (χ3v) is 6.34. The first-order chi connectivity index (χ1) is 14.3. The van der Waals surface area contributed by atoms with E-state index in [-0.39, 0.29) is 35.1 Å². The van der Waals surface area contributed by atoms with Gasteiger partial charge in [-0.1, -0.05) is 12.6 Å². The van der Waals surface area contributed by atoms with E-state index in [4.69, 9.17) is 4.74 Å². The van der Waals surface area contributed by atoms with E-state index in [1.807, 2.05) is 0 Å². The van der Waals surface area contributed by atoms with Crippen LogP contribution in [0.4, 0.5) is 0 Å². The summed E-state index contributed by atoms with van der Waals surface area (Å²) in [7, 11) is -4.24. The van der Waals surface area contributed by atoms with Gasteiger partial charge >= 0.3 is 35.5 Å². The van der Waals surface area contributed by atoms with E-state index in [0.29, 0.717) is 10.6 Å². The molecule has 0 spiro atoms. The van der Waals surface area contributed by atoms with Crippen molar-refractivity contribution in [2.45, 2.75) is 31.7 Å². The number of aliphatic carboxylic acids is 1. The summed E-state index contributed by atoms with van der Waals surface area (Å²) in [6, 6.07) is 4.87. The Kier molecular flexibility index (Phi) is 7.35. The molecule has 0 bridgehead atoms. The average molecular weight is 466 g/mol. The standard InChI is InChI=1S/C21H20N2O7S.Na/c1-12-14(8-9-16(24)30-21(2,3)4)17(20(26)27)23-18(25)15(19(23)31(12,28)29)11-13-7-5-6-10-22-13;/h5-11,19H,1H2,2-4H3,(H,26,27);/q;+1/p-1/b9-8+,15-11-;/t19-;/m1./s1. The number of hydrogen-bond donors (Lipinski definition) is 0. The third-order valence-electron chi connectivity index (χ3n) is 4.38. The molecule has 11 heteroatoms. The van der Waals surface area contributed by atoms with Gasteiger partial charge in [-0.05, 0) is 45.1 Å². The van der Waals surface area contributed by atoms with Crippen molar-refractivity contribution in [3.05, 3.63) is 70.6 Å². The van der Waals surface area contributed by atoms with Crippen LogP contribution >= 0.6 is 0 Å². The van der Waals surface area contributed by atoms with Crippen LogP contribution in [0.2, 0.25) is 0 Å². The van der Waals surface area contributed by atoms with Gasteiger partial charge in [0.1, 0.15) is 5.60 Å². The number of allylic oxidation sites excluding steroid dienone is 2. The van der Waals surface area contributed by atoms with Gasteiger partial charge in [0.25, 0.3) is 5.91 Å². The second-order valence-corrected chi connectivity index (χ2v) is 9.80. The summed E-state index contributed by atoms with van der Waals surface area (Å²) in [5.41, 5.74) is -1.73. The summed E-state index contributed by atoms with van der Waals surface area (Å²) < 4.78 is 31.1. The molecule has 1 aromatic heterocycles. The molecule has 2 aliphatic rings. The second kappa shape index (κ2) is 9.14. The number of fused-ring (bicyclic) bond motifs is 1. The number of sulfone groups is 1. The largest absolute Gasteiger partial charge is 1.00 e. The molecule has 1 amide bonds. The Morgan fingerprint density at radius 1 is 1.28 bits per heavy atom. The van der Waals surface area contributed by atoms with Crippen molar-refractivity contribution < 1.29 is 62.2 Å². The molecule has 2 aliphatic heterocycles. The molecule has 1 atom stereocenters. The van der Waals surface area contributed by atoms with Crippen LogP contribution in [-0.4, -0.2) is 47.1 Å². The van der Waals surface area contributed by atoms with Crippen molar-refractivity contribution in [1.29, 1.82) is 0 Å². The Hall–Kier alpha value is -2.53. The van der Waals surface area contributed by atoms with E-state index in [9.17, 15) is 27.9 Å². The van der Waals surface area contributed by atoms with Crippen molar-refractivity contribution in [1.82, 2.24) is 9.88 Å². The van der Waals surface area contributed by atoms with Gasteiger partial charge in [0.05, 0.1) is 27.8 Å². The Morgan fingerprint density at radius 3 is 2.47 bits per heavy atom. The zero-order chi connectivity index (χ0) is 23.1. The Labute approximate surface area is 207 Å². The van der Waals surface area contributed by atoms with Crippen LogP contribution in [0, 0.1) is 0 Å². The van der Waals surface area contributed by atoms with Crippen molar-refractivity contribution in [3.63, 3.8) is 0 Å². The normalized spacial score (nSPS) is 21.2. The molecule has 1 aromatic rings. The number of aromatic nitrogens is 1. The molecule has 1 fully saturated rings. The minimum absolute atomic E-state index is 0. The SMILES string of the molecule is C=C1C(/C=C/C(=O)OC(C)(C)C)=C(C(=O)[O-])N2C(=O)/C(=C/c3ccccn3)[C@H]2S1(=O)=O.[Na+]. The zero-order valence-electron chi connectivity index (χ0n) is 18.0. The van der Waals surface area contributed by atoms with E-state index >= 15 is 0 Å². The number of hydrogen-bond acceptors (Lipinski definition) is 8. The summed E-state index contributed by atoms with van der Waals surface area (Å²) in [6.07, 6.45) is 4.57. The summed E-state index contributed by atoms with van der Waals surface area (Å²) in [6.45, 7) is 8.39. The van der Waals surface area contributed by atoms with Gasteiger partial charge in [0.2, 0.25) is 9.84 Å². The number of carboxylic acid groups (broad SMARTS) is 1. The quantitative estimate of drug-likeness (QED) is 0.206. The molecule has 3 rings (SSSR count). The first kappa shape index (κ1) is 25.7. The Morgan fingerprint density at radius 2 is 1.94 bits per heavy atom. The van der Waals surface area contributed by atoms with E-state index in [0.717, 1.165) is 12.2 Å². The monoisotopic (exact) mass is 466 g/mol. The average Bonchev–Trinajstić information content (AvgIpc) is 2.66. The minimum atomic E-state index is -4.24. The van der Waals surface area contributed by atoms with Gasteiger partial charge in [-0.3, -0.25) is 14.7 Å². The minimum Gasteiger partial charge on any atom is -0.543 e. The molecule has 32 heavy (non-hydrogen) atoms. The number of carbonyl (C=O) groups is 3. The number of amides is 1. The van der Waals surface area contributed by atoms with Crippen molar-refractivity contribution in [2.24, 2.45) is 0 Å². The summed E-state index contributed by atoms with van der Waals surface area (Å²) >= 11 is 0. The number of nitrogens with zero attached hydrogens (tertiary/aromatic N) is 2. The molecule has 1 saturated heterocycles. The van der Waals surface area contributed by atoms with Crippen molar-refractivity contribution in [2.75, 3.05) is 0 Å². The summed E-state index contributed by atoms with van der Waals surface area (Å²) in [5, 5.41) is 10.2. The molecule has 162 valence electrons. The molecule has 9 nitrogen and oxygen atoms in total. The van der Waals surface area contributed by atoms with E-state index < -0.39 is 54.8 Å². The Bertz CT molecular complexity index is 1190.